The number of aliphatic imine (C=N–C) groups is 1. The molecule has 0 radical (unpaired) electrons. The summed E-state index contributed by atoms with van der Waals surface area (Å²) in [6, 6.07) is 8.07. The predicted molar refractivity (Wildman–Crippen MR) is 82.2 cm³/mol. The third kappa shape index (κ3) is 5.33. The Balaban J connectivity index is 2.67. The summed E-state index contributed by atoms with van der Waals surface area (Å²) in [5.74, 6) is 1.92. The molecule has 1 aromatic carbocycles. The van der Waals surface area contributed by atoms with Crippen LogP contribution in [-0.4, -0.2) is 38.5 Å². The Kier molecular flexibility index (Phi) is 7.01. The van der Waals surface area contributed by atoms with Crippen LogP contribution < -0.4 is 4.74 Å². The first-order chi connectivity index (χ1) is 9.19. The third-order valence-electron chi connectivity index (χ3n) is 3.05. The molecule has 0 aliphatic heterocycles. The highest BCUT2D eigenvalue weighted by molar-refractivity contribution is 5.98. The molecule has 0 N–H and O–H groups in total. The predicted octanol–water partition coefficient (Wildman–Crippen LogP) is 3.58. The lowest BCUT2D eigenvalue weighted by molar-refractivity contribution is 0.414. The van der Waals surface area contributed by atoms with Gasteiger partial charge in [0.15, 0.2) is 0 Å². The van der Waals surface area contributed by atoms with Crippen molar-refractivity contribution < 1.29 is 4.74 Å². The van der Waals surface area contributed by atoms with E-state index in [9.17, 15) is 0 Å². The van der Waals surface area contributed by atoms with Crippen molar-refractivity contribution in [1.29, 1.82) is 0 Å². The van der Waals surface area contributed by atoms with E-state index >= 15 is 0 Å². The van der Waals surface area contributed by atoms with Crippen molar-refractivity contribution in [2.24, 2.45) is 4.99 Å². The SMILES string of the molecule is CCCCCCN=C(c1ccc(OC)cc1)N(C)C. The zero-order chi connectivity index (χ0) is 14.1. The fraction of sp³-hybridized carbons (Fsp3) is 0.562. The number of benzene rings is 1. The molecule has 0 atom stereocenters. The lowest BCUT2D eigenvalue weighted by atomic mass is 10.2. The van der Waals surface area contributed by atoms with Gasteiger partial charge in [-0.05, 0) is 30.7 Å². The van der Waals surface area contributed by atoms with E-state index in [2.05, 4.69) is 24.0 Å². The standard InChI is InChI=1S/C16H26N2O/c1-5-6-7-8-13-17-16(18(2)3)14-9-11-15(19-4)12-10-14/h9-12H,5-8,13H2,1-4H3. The van der Waals surface area contributed by atoms with Crippen LogP contribution in [0.2, 0.25) is 0 Å². The van der Waals surface area contributed by atoms with Crippen LogP contribution in [0.4, 0.5) is 0 Å². The van der Waals surface area contributed by atoms with Crippen LogP contribution in [-0.2, 0) is 0 Å². The fourth-order valence-corrected chi connectivity index (χ4v) is 1.95. The molecular weight excluding hydrogens is 236 g/mol. The van der Waals surface area contributed by atoms with Crippen LogP contribution in [0.25, 0.3) is 0 Å². The van der Waals surface area contributed by atoms with E-state index in [0.717, 1.165) is 23.7 Å². The number of nitrogens with zero attached hydrogens (tertiary/aromatic N) is 2. The molecule has 0 aromatic heterocycles. The largest absolute Gasteiger partial charge is 0.497 e. The van der Waals surface area contributed by atoms with E-state index < -0.39 is 0 Å². The average molecular weight is 262 g/mol. The molecule has 0 amide bonds. The van der Waals surface area contributed by atoms with Gasteiger partial charge in [-0.25, -0.2) is 0 Å². The van der Waals surface area contributed by atoms with Crippen LogP contribution in [0, 0.1) is 0 Å². The van der Waals surface area contributed by atoms with Gasteiger partial charge in [0.1, 0.15) is 11.6 Å². The van der Waals surface area contributed by atoms with Crippen molar-refractivity contribution in [3.05, 3.63) is 29.8 Å². The van der Waals surface area contributed by atoms with Crippen molar-refractivity contribution >= 4 is 5.84 Å². The molecule has 1 aromatic rings. The first-order valence-corrected chi connectivity index (χ1v) is 7.05. The molecule has 106 valence electrons. The van der Waals surface area contributed by atoms with Crippen molar-refractivity contribution in [2.75, 3.05) is 27.7 Å². The molecule has 1 rings (SSSR count). The number of rotatable bonds is 7. The summed E-state index contributed by atoms with van der Waals surface area (Å²) in [5, 5.41) is 0. The van der Waals surface area contributed by atoms with Gasteiger partial charge in [0.25, 0.3) is 0 Å². The van der Waals surface area contributed by atoms with Gasteiger partial charge in [-0.2, -0.15) is 0 Å². The second-order valence-corrected chi connectivity index (χ2v) is 4.89. The normalized spacial score (nSPS) is 11.5. The Morgan fingerprint density at radius 1 is 1.11 bits per heavy atom. The summed E-state index contributed by atoms with van der Waals surface area (Å²) >= 11 is 0. The molecule has 0 saturated heterocycles. The number of amidine groups is 1. The van der Waals surface area contributed by atoms with Crippen LogP contribution in [0.5, 0.6) is 5.75 Å². The summed E-state index contributed by atoms with van der Waals surface area (Å²) in [4.78, 5) is 6.79. The topological polar surface area (TPSA) is 24.8 Å². The van der Waals surface area contributed by atoms with Gasteiger partial charge < -0.3 is 9.64 Å². The molecule has 0 saturated carbocycles. The number of hydrogen-bond donors (Lipinski definition) is 0. The van der Waals surface area contributed by atoms with Crippen LogP contribution in [0.1, 0.15) is 38.2 Å². The number of ether oxygens (including phenoxy) is 1. The summed E-state index contributed by atoms with van der Waals surface area (Å²) in [7, 11) is 5.76. The highest BCUT2D eigenvalue weighted by atomic mass is 16.5. The Labute approximate surface area is 117 Å². The maximum Gasteiger partial charge on any atom is 0.130 e. The monoisotopic (exact) mass is 262 g/mol. The van der Waals surface area contributed by atoms with E-state index in [-0.39, 0.29) is 0 Å². The minimum absolute atomic E-state index is 0.879. The lowest BCUT2D eigenvalue weighted by Crippen LogP contribution is -2.23. The fourth-order valence-electron chi connectivity index (χ4n) is 1.95. The molecule has 0 aliphatic carbocycles. The van der Waals surface area contributed by atoms with Gasteiger partial charge in [0, 0.05) is 26.2 Å². The smallest absolute Gasteiger partial charge is 0.130 e. The maximum absolute atomic E-state index is 5.18. The van der Waals surface area contributed by atoms with Crippen molar-refractivity contribution in [2.45, 2.75) is 32.6 Å². The summed E-state index contributed by atoms with van der Waals surface area (Å²) in [5.41, 5.74) is 1.14. The minimum Gasteiger partial charge on any atom is -0.497 e. The van der Waals surface area contributed by atoms with E-state index in [4.69, 9.17) is 9.73 Å². The number of hydrogen-bond acceptors (Lipinski definition) is 2. The molecule has 3 nitrogen and oxygen atoms in total. The average Bonchev–Trinajstić information content (AvgIpc) is 2.43. The first kappa shape index (κ1) is 15.5. The zero-order valence-corrected chi connectivity index (χ0v) is 12.6. The van der Waals surface area contributed by atoms with Crippen LogP contribution in [0.15, 0.2) is 29.3 Å². The third-order valence-corrected chi connectivity index (χ3v) is 3.05. The van der Waals surface area contributed by atoms with E-state index in [0.29, 0.717) is 0 Å². The Morgan fingerprint density at radius 3 is 2.32 bits per heavy atom. The minimum atomic E-state index is 0.879. The second-order valence-electron chi connectivity index (χ2n) is 4.89. The molecule has 0 spiro atoms. The molecule has 3 heteroatoms. The molecular formula is C16H26N2O. The molecule has 0 fully saturated rings. The van der Waals surface area contributed by atoms with E-state index in [1.807, 2.05) is 26.2 Å². The van der Waals surface area contributed by atoms with Crippen molar-refractivity contribution in [1.82, 2.24) is 4.90 Å². The maximum atomic E-state index is 5.18. The quantitative estimate of drug-likeness (QED) is 0.426. The number of methoxy groups -OCH3 is 1. The number of unbranched alkanes of at least 4 members (excludes halogenated alkanes) is 3. The summed E-state index contributed by atoms with van der Waals surface area (Å²) in [6.07, 6.45) is 5.00. The van der Waals surface area contributed by atoms with Gasteiger partial charge in [-0.3, -0.25) is 4.99 Å². The molecule has 0 aliphatic rings. The first-order valence-electron chi connectivity index (χ1n) is 7.05. The van der Waals surface area contributed by atoms with Crippen molar-refractivity contribution in [3.63, 3.8) is 0 Å². The Morgan fingerprint density at radius 2 is 1.79 bits per heavy atom. The summed E-state index contributed by atoms with van der Waals surface area (Å²) in [6.45, 7) is 3.13. The molecule has 0 heterocycles. The molecule has 0 unspecified atom stereocenters. The van der Waals surface area contributed by atoms with E-state index in [1.54, 1.807) is 7.11 Å². The van der Waals surface area contributed by atoms with Gasteiger partial charge in [-0.1, -0.05) is 26.2 Å². The van der Waals surface area contributed by atoms with Gasteiger partial charge in [-0.15, -0.1) is 0 Å². The van der Waals surface area contributed by atoms with E-state index in [1.165, 1.54) is 25.7 Å². The van der Waals surface area contributed by atoms with Crippen LogP contribution >= 0.6 is 0 Å². The van der Waals surface area contributed by atoms with Crippen LogP contribution in [0.3, 0.4) is 0 Å². The Hall–Kier alpha value is -1.51. The lowest BCUT2D eigenvalue weighted by Gasteiger charge is -2.16. The van der Waals surface area contributed by atoms with Gasteiger partial charge in [0.2, 0.25) is 0 Å². The molecule has 0 bridgehead atoms. The molecule has 19 heavy (non-hydrogen) atoms. The van der Waals surface area contributed by atoms with Gasteiger partial charge in [0.05, 0.1) is 7.11 Å². The second kappa shape index (κ2) is 8.57. The van der Waals surface area contributed by atoms with Crippen molar-refractivity contribution in [3.8, 4) is 5.75 Å². The highest BCUT2D eigenvalue weighted by Gasteiger charge is 2.05. The zero-order valence-electron chi connectivity index (χ0n) is 12.6. The highest BCUT2D eigenvalue weighted by Crippen LogP contribution is 2.13. The van der Waals surface area contributed by atoms with Gasteiger partial charge >= 0.3 is 0 Å². The summed E-state index contributed by atoms with van der Waals surface area (Å²) < 4.78 is 5.18. The Bertz CT molecular complexity index is 382.